The molecule has 0 aliphatic carbocycles. The van der Waals surface area contributed by atoms with Crippen LogP contribution in [0.25, 0.3) is 0 Å². The van der Waals surface area contributed by atoms with Gasteiger partial charge in [0.1, 0.15) is 0 Å². The molecule has 3 N–H and O–H groups in total. The summed E-state index contributed by atoms with van der Waals surface area (Å²) >= 11 is 1.52. The van der Waals surface area contributed by atoms with Crippen molar-refractivity contribution in [2.24, 2.45) is 0 Å². The number of amides is 2. The van der Waals surface area contributed by atoms with E-state index in [0.29, 0.717) is 0 Å². The van der Waals surface area contributed by atoms with Crippen LogP contribution in [0.15, 0.2) is 77.5 Å². The Morgan fingerprint density at radius 2 is 1.52 bits per heavy atom. The Labute approximate surface area is 151 Å². The highest BCUT2D eigenvalue weighted by molar-refractivity contribution is 7.07. The molecular weight excluding hydrogens is 332 g/mol. The summed E-state index contributed by atoms with van der Waals surface area (Å²) in [4.78, 5) is 12.3. The highest BCUT2D eigenvalue weighted by Crippen LogP contribution is 2.21. The van der Waals surface area contributed by atoms with Gasteiger partial charge in [0.25, 0.3) is 0 Å². The van der Waals surface area contributed by atoms with Gasteiger partial charge in [-0.3, -0.25) is 0 Å². The first-order valence-corrected chi connectivity index (χ1v) is 9.03. The molecular formula is C20H20N2O2S. The maximum absolute atomic E-state index is 12.3. The third-order valence-corrected chi connectivity index (χ3v) is 4.63. The molecule has 1 unspecified atom stereocenters. The van der Waals surface area contributed by atoms with Crippen LogP contribution < -0.4 is 10.6 Å². The summed E-state index contributed by atoms with van der Waals surface area (Å²) in [5.74, 6) is 0. The Morgan fingerprint density at radius 1 is 0.920 bits per heavy atom. The van der Waals surface area contributed by atoms with Crippen molar-refractivity contribution < 1.29 is 9.90 Å². The molecule has 25 heavy (non-hydrogen) atoms. The largest absolute Gasteiger partial charge is 0.387 e. The lowest BCUT2D eigenvalue weighted by Gasteiger charge is -2.21. The quantitative estimate of drug-likeness (QED) is 0.631. The monoisotopic (exact) mass is 352 g/mol. The topological polar surface area (TPSA) is 61.4 Å². The van der Waals surface area contributed by atoms with Gasteiger partial charge in [-0.25, -0.2) is 4.79 Å². The Bertz CT molecular complexity index is 736. The molecule has 1 aromatic heterocycles. The van der Waals surface area contributed by atoms with Gasteiger partial charge in [-0.1, -0.05) is 60.7 Å². The van der Waals surface area contributed by atoms with Crippen LogP contribution in [0.1, 0.15) is 28.8 Å². The molecule has 0 saturated carbocycles. The molecule has 1 heterocycles. The van der Waals surface area contributed by atoms with Crippen LogP contribution in [0.2, 0.25) is 0 Å². The Hall–Kier alpha value is -2.63. The Balaban J connectivity index is 1.67. The lowest BCUT2D eigenvalue weighted by atomic mass is 9.99. The van der Waals surface area contributed by atoms with Gasteiger partial charge in [-0.2, -0.15) is 11.3 Å². The van der Waals surface area contributed by atoms with E-state index in [-0.39, 0.29) is 18.6 Å². The van der Waals surface area contributed by atoms with Gasteiger partial charge in [-0.15, -0.1) is 0 Å². The maximum Gasteiger partial charge on any atom is 0.315 e. The van der Waals surface area contributed by atoms with E-state index in [4.69, 9.17) is 0 Å². The molecule has 0 radical (unpaired) electrons. The average molecular weight is 352 g/mol. The average Bonchev–Trinajstić information content (AvgIpc) is 3.20. The molecule has 1 atom stereocenters. The third kappa shape index (κ3) is 4.68. The molecule has 2 aromatic carbocycles. The number of urea groups is 1. The highest BCUT2D eigenvalue weighted by Gasteiger charge is 2.17. The van der Waals surface area contributed by atoms with E-state index >= 15 is 0 Å². The Kier molecular flexibility index (Phi) is 5.82. The number of benzene rings is 2. The molecule has 0 saturated heterocycles. The van der Waals surface area contributed by atoms with Crippen LogP contribution in [0.3, 0.4) is 0 Å². The first-order chi connectivity index (χ1) is 12.2. The van der Waals surface area contributed by atoms with E-state index in [1.807, 2.05) is 77.5 Å². The van der Waals surface area contributed by atoms with Gasteiger partial charge in [0, 0.05) is 6.54 Å². The van der Waals surface area contributed by atoms with E-state index in [1.165, 1.54) is 11.3 Å². The number of hydrogen-bond donors (Lipinski definition) is 3. The predicted molar refractivity (Wildman–Crippen MR) is 101 cm³/mol. The van der Waals surface area contributed by atoms with Crippen molar-refractivity contribution in [2.75, 3.05) is 6.54 Å². The number of rotatable bonds is 6. The fourth-order valence-corrected chi connectivity index (χ4v) is 3.31. The van der Waals surface area contributed by atoms with Gasteiger partial charge >= 0.3 is 6.03 Å². The summed E-state index contributed by atoms with van der Waals surface area (Å²) in [6, 6.07) is 20.9. The highest BCUT2D eigenvalue weighted by atomic mass is 32.1. The number of aliphatic hydroxyl groups excluding tert-OH is 1. The predicted octanol–water partition coefficient (Wildman–Crippen LogP) is 3.87. The van der Waals surface area contributed by atoms with Crippen molar-refractivity contribution in [3.63, 3.8) is 0 Å². The summed E-state index contributed by atoms with van der Waals surface area (Å²) in [6.45, 7) is 0.166. The van der Waals surface area contributed by atoms with Crippen LogP contribution in [-0.2, 0) is 0 Å². The second kappa shape index (κ2) is 8.46. The van der Waals surface area contributed by atoms with Crippen LogP contribution in [-0.4, -0.2) is 17.7 Å². The van der Waals surface area contributed by atoms with E-state index in [2.05, 4.69) is 10.6 Å². The van der Waals surface area contributed by atoms with Crippen molar-refractivity contribution in [1.29, 1.82) is 0 Å². The van der Waals surface area contributed by atoms with Gasteiger partial charge in [0.2, 0.25) is 0 Å². The fraction of sp³-hybridized carbons (Fsp3) is 0.150. The van der Waals surface area contributed by atoms with Crippen molar-refractivity contribution in [3.8, 4) is 0 Å². The zero-order valence-corrected chi connectivity index (χ0v) is 14.4. The number of aliphatic hydroxyl groups is 1. The molecule has 5 heteroatoms. The molecule has 2 amide bonds. The van der Waals surface area contributed by atoms with E-state index in [0.717, 1.165) is 16.7 Å². The lowest BCUT2D eigenvalue weighted by Crippen LogP contribution is -2.40. The SMILES string of the molecule is O=C(NCC(O)c1ccsc1)NC(c1ccccc1)c1ccccc1. The molecule has 0 aliphatic rings. The van der Waals surface area contributed by atoms with E-state index in [1.54, 1.807) is 0 Å². The minimum Gasteiger partial charge on any atom is -0.387 e. The molecule has 0 aliphatic heterocycles. The van der Waals surface area contributed by atoms with Crippen LogP contribution in [0.4, 0.5) is 4.79 Å². The maximum atomic E-state index is 12.3. The summed E-state index contributed by atoms with van der Waals surface area (Å²) in [5, 5.41) is 19.6. The van der Waals surface area contributed by atoms with Crippen molar-refractivity contribution in [1.82, 2.24) is 10.6 Å². The number of thiophene rings is 1. The van der Waals surface area contributed by atoms with Crippen molar-refractivity contribution >= 4 is 17.4 Å². The Morgan fingerprint density at radius 3 is 2.04 bits per heavy atom. The van der Waals surface area contributed by atoms with Crippen molar-refractivity contribution in [3.05, 3.63) is 94.2 Å². The summed E-state index contributed by atoms with van der Waals surface area (Å²) in [7, 11) is 0. The first kappa shape index (κ1) is 17.2. The zero-order valence-electron chi connectivity index (χ0n) is 13.6. The number of carbonyl (C=O) groups is 1. The second-order valence-electron chi connectivity index (χ2n) is 5.68. The van der Waals surface area contributed by atoms with Crippen LogP contribution in [0.5, 0.6) is 0 Å². The normalized spacial score (nSPS) is 11.9. The minimum absolute atomic E-state index is 0.166. The van der Waals surface area contributed by atoms with E-state index < -0.39 is 6.10 Å². The minimum atomic E-state index is -0.705. The smallest absolute Gasteiger partial charge is 0.315 e. The van der Waals surface area contributed by atoms with Crippen molar-refractivity contribution in [2.45, 2.75) is 12.1 Å². The molecule has 0 spiro atoms. The first-order valence-electron chi connectivity index (χ1n) is 8.08. The summed E-state index contributed by atoms with van der Waals surface area (Å²) in [6.07, 6.45) is -0.705. The van der Waals surface area contributed by atoms with Gasteiger partial charge in [0.15, 0.2) is 0 Å². The zero-order chi connectivity index (χ0) is 17.5. The summed E-state index contributed by atoms with van der Waals surface area (Å²) < 4.78 is 0. The number of carbonyl (C=O) groups excluding carboxylic acids is 1. The van der Waals surface area contributed by atoms with Gasteiger partial charge in [0.05, 0.1) is 12.1 Å². The molecule has 3 rings (SSSR count). The molecule has 4 nitrogen and oxygen atoms in total. The molecule has 3 aromatic rings. The lowest BCUT2D eigenvalue weighted by molar-refractivity contribution is 0.173. The van der Waals surface area contributed by atoms with Crippen LogP contribution >= 0.6 is 11.3 Å². The second-order valence-corrected chi connectivity index (χ2v) is 6.46. The van der Waals surface area contributed by atoms with Gasteiger partial charge < -0.3 is 15.7 Å². The van der Waals surface area contributed by atoms with Crippen LogP contribution in [0, 0.1) is 0 Å². The van der Waals surface area contributed by atoms with Gasteiger partial charge in [-0.05, 0) is 33.5 Å². The standard InChI is InChI=1S/C20H20N2O2S/c23-18(17-11-12-25-14-17)13-21-20(24)22-19(15-7-3-1-4-8-15)16-9-5-2-6-10-16/h1-12,14,18-19,23H,13H2,(H2,21,22,24). The third-order valence-electron chi connectivity index (χ3n) is 3.93. The number of hydrogen-bond acceptors (Lipinski definition) is 3. The number of nitrogens with one attached hydrogen (secondary N) is 2. The molecule has 0 fully saturated rings. The molecule has 0 bridgehead atoms. The summed E-state index contributed by atoms with van der Waals surface area (Å²) in [5.41, 5.74) is 2.82. The van der Waals surface area contributed by atoms with E-state index in [9.17, 15) is 9.90 Å². The fourth-order valence-electron chi connectivity index (χ4n) is 2.60. The molecule has 128 valence electrons.